The van der Waals surface area contributed by atoms with E-state index in [-0.39, 0.29) is 5.41 Å². The van der Waals surface area contributed by atoms with Gasteiger partial charge in [0.2, 0.25) is 0 Å². The number of pyridine rings is 3. The van der Waals surface area contributed by atoms with Crippen LogP contribution in [0.3, 0.4) is 0 Å². The van der Waals surface area contributed by atoms with Crippen LogP contribution >= 0.6 is 0 Å². The highest BCUT2D eigenvalue weighted by molar-refractivity contribution is 5.85. The monoisotopic (exact) mass is 662 g/mol. The first-order chi connectivity index (χ1) is 25.0. The van der Waals surface area contributed by atoms with Crippen LogP contribution in [0.25, 0.3) is 74.2 Å². The molecule has 10 nitrogen and oxygen atoms in total. The van der Waals surface area contributed by atoms with Gasteiger partial charge in [-0.1, -0.05) is 62.4 Å². The molecule has 0 bridgehead atoms. The van der Waals surface area contributed by atoms with E-state index < -0.39 is 0 Å². The van der Waals surface area contributed by atoms with Crippen molar-refractivity contribution in [2.75, 3.05) is 0 Å². The summed E-state index contributed by atoms with van der Waals surface area (Å²) in [5.74, 6) is 3.16. The molecular weight excluding hydrogens is 633 g/mol. The van der Waals surface area contributed by atoms with E-state index in [9.17, 15) is 0 Å². The van der Waals surface area contributed by atoms with E-state index in [0.717, 1.165) is 29.7 Å². The zero-order valence-corrected chi connectivity index (χ0v) is 27.9. The van der Waals surface area contributed by atoms with Gasteiger partial charge in [-0.2, -0.15) is 0 Å². The maximum Gasteiger partial charge on any atom is 0.182 e. The van der Waals surface area contributed by atoms with Crippen molar-refractivity contribution in [2.45, 2.75) is 32.1 Å². The van der Waals surface area contributed by atoms with Crippen LogP contribution in [0.2, 0.25) is 0 Å². The van der Waals surface area contributed by atoms with Gasteiger partial charge in [0.05, 0.1) is 0 Å². The number of rotatable bonds is 6. The number of hydrogen-bond acceptors (Lipinski definition) is 10. The molecule has 0 saturated heterocycles. The van der Waals surface area contributed by atoms with Gasteiger partial charge < -0.3 is 0 Å². The summed E-state index contributed by atoms with van der Waals surface area (Å²) in [6.07, 6.45) is 11.0. The molecule has 10 heteroatoms. The summed E-state index contributed by atoms with van der Waals surface area (Å²) >= 11 is 0. The van der Waals surface area contributed by atoms with Crippen LogP contribution < -0.4 is 0 Å². The predicted molar refractivity (Wildman–Crippen MR) is 197 cm³/mol. The lowest BCUT2D eigenvalue weighted by Gasteiger charge is -2.22. The maximum atomic E-state index is 4.93. The highest BCUT2D eigenvalue weighted by Crippen LogP contribution is 2.50. The van der Waals surface area contributed by atoms with Gasteiger partial charge >= 0.3 is 0 Å². The number of benzene rings is 2. The van der Waals surface area contributed by atoms with Crippen LogP contribution in [0.4, 0.5) is 0 Å². The Morgan fingerprint density at radius 3 is 1.35 bits per heavy atom. The van der Waals surface area contributed by atoms with Crippen molar-refractivity contribution in [3.8, 4) is 68.5 Å². The Labute approximate surface area is 294 Å². The molecule has 1 aliphatic heterocycles. The Kier molecular flexibility index (Phi) is 7.35. The molecule has 0 spiro atoms. The molecule has 0 atom stereocenters. The van der Waals surface area contributed by atoms with Crippen molar-refractivity contribution in [3.05, 3.63) is 133 Å². The average Bonchev–Trinajstić information content (AvgIpc) is 3.43. The van der Waals surface area contributed by atoms with Crippen LogP contribution in [0.1, 0.15) is 43.6 Å². The highest BCUT2D eigenvalue weighted by atomic mass is 15.1. The van der Waals surface area contributed by atoms with E-state index in [2.05, 4.69) is 76.3 Å². The Balaban J connectivity index is 1.13. The van der Waals surface area contributed by atoms with Crippen molar-refractivity contribution in [1.29, 1.82) is 0 Å². The summed E-state index contributed by atoms with van der Waals surface area (Å²) < 4.78 is 0. The first kappa shape index (κ1) is 30.4. The molecule has 0 N–H and O–H groups in total. The molecule has 0 radical (unpaired) electrons. The number of nitrogens with zero attached hydrogens (tertiary/aromatic N) is 10. The molecule has 51 heavy (non-hydrogen) atoms. The molecule has 5 aromatic heterocycles. The molecule has 9 rings (SSSR count). The molecule has 0 saturated carbocycles. The fourth-order valence-electron chi connectivity index (χ4n) is 6.63. The SMILES string of the molecule is CC1(C)c2cc(-c3nc(C4=CCCC=N4)nc(-c4ccccn4)n3)ccc2-c2ccc(-c3nc(-c4ccccn4)nc(-c4ccccn4)n3)cc21. The Morgan fingerprint density at radius 2 is 0.922 bits per heavy atom. The van der Waals surface area contributed by atoms with Crippen LogP contribution in [0, 0.1) is 0 Å². The van der Waals surface area contributed by atoms with E-state index in [1.807, 2.05) is 60.8 Å². The normalized spacial score (nSPS) is 14.1. The molecule has 1 aliphatic carbocycles. The van der Waals surface area contributed by atoms with Crippen molar-refractivity contribution in [2.24, 2.45) is 4.99 Å². The second kappa shape index (κ2) is 12.3. The van der Waals surface area contributed by atoms with E-state index in [1.165, 1.54) is 22.3 Å². The predicted octanol–water partition coefficient (Wildman–Crippen LogP) is 8.09. The molecular formula is C41H30N10. The minimum Gasteiger partial charge on any atom is -0.258 e. The lowest BCUT2D eigenvalue weighted by Crippen LogP contribution is -2.15. The zero-order chi connectivity index (χ0) is 34.4. The van der Waals surface area contributed by atoms with Gasteiger partial charge in [-0.05, 0) is 83.6 Å². The second-order valence-electron chi connectivity index (χ2n) is 12.9. The van der Waals surface area contributed by atoms with Crippen LogP contribution in [-0.4, -0.2) is 51.1 Å². The fourth-order valence-corrected chi connectivity index (χ4v) is 6.63. The second-order valence-corrected chi connectivity index (χ2v) is 12.9. The van der Waals surface area contributed by atoms with Gasteiger partial charge in [-0.25, -0.2) is 29.9 Å². The minimum atomic E-state index is -0.340. The number of aliphatic imine (C=N–C) groups is 1. The summed E-state index contributed by atoms with van der Waals surface area (Å²) in [6.45, 7) is 4.49. The smallest absolute Gasteiger partial charge is 0.182 e. The number of hydrogen-bond donors (Lipinski definition) is 0. The number of fused-ring (bicyclic) bond motifs is 3. The average molecular weight is 663 g/mol. The van der Waals surface area contributed by atoms with Crippen molar-refractivity contribution < 1.29 is 0 Å². The maximum absolute atomic E-state index is 4.93. The molecule has 7 aromatic rings. The lowest BCUT2D eigenvalue weighted by atomic mass is 9.81. The quantitative estimate of drug-likeness (QED) is 0.173. The molecule has 0 amide bonds. The first-order valence-corrected chi connectivity index (χ1v) is 16.8. The van der Waals surface area contributed by atoms with Gasteiger partial charge in [0.15, 0.2) is 34.9 Å². The third kappa shape index (κ3) is 5.56. The van der Waals surface area contributed by atoms with E-state index in [1.54, 1.807) is 18.6 Å². The zero-order valence-electron chi connectivity index (χ0n) is 27.9. The minimum absolute atomic E-state index is 0.340. The Hall–Kier alpha value is -6.68. The Morgan fingerprint density at radius 1 is 0.471 bits per heavy atom. The molecule has 244 valence electrons. The Bertz CT molecular complexity index is 2440. The van der Waals surface area contributed by atoms with Gasteiger partial charge in [-0.15, -0.1) is 0 Å². The fraction of sp³-hybridized carbons (Fsp3) is 0.122. The van der Waals surface area contributed by atoms with Crippen molar-refractivity contribution >= 4 is 11.9 Å². The summed E-state index contributed by atoms with van der Waals surface area (Å²) in [5, 5.41) is 0. The van der Waals surface area contributed by atoms with E-state index in [0.29, 0.717) is 52.0 Å². The van der Waals surface area contributed by atoms with Gasteiger partial charge in [-0.3, -0.25) is 19.9 Å². The van der Waals surface area contributed by atoms with Gasteiger partial charge in [0, 0.05) is 41.3 Å². The van der Waals surface area contributed by atoms with Crippen LogP contribution in [-0.2, 0) is 5.41 Å². The third-order valence-corrected chi connectivity index (χ3v) is 9.24. The van der Waals surface area contributed by atoms with E-state index in [4.69, 9.17) is 29.9 Å². The topological polar surface area (TPSA) is 128 Å². The molecule has 0 unspecified atom stereocenters. The van der Waals surface area contributed by atoms with Gasteiger partial charge in [0.25, 0.3) is 0 Å². The standard InChI is InChI=1S/C41H30N10/c1-41(2)29-23-25(35-46-37(31-11-3-7-19-42-31)50-38(47-35)32-12-4-8-20-43-32)15-17-27(29)28-18-16-26(24-30(28)41)36-48-39(33-13-5-9-21-44-33)51-40(49-36)34-14-6-10-22-45-34/h3-5,7-9,11-24H,6,10H2,1-2H3. The third-order valence-electron chi connectivity index (χ3n) is 9.24. The summed E-state index contributed by atoms with van der Waals surface area (Å²) in [7, 11) is 0. The first-order valence-electron chi connectivity index (χ1n) is 16.8. The molecule has 2 aliphatic rings. The summed E-state index contributed by atoms with van der Waals surface area (Å²) in [5.41, 5.74) is 8.90. The van der Waals surface area contributed by atoms with Crippen LogP contribution in [0.15, 0.2) is 121 Å². The largest absolute Gasteiger partial charge is 0.258 e. The van der Waals surface area contributed by atoms with Gasteiger partial charge in [0.1, 0.15) is 22.8 Å². The highest BCUT2D eigenvalue weighted by Gasteiger charge is 2.36. The summed E-state index contributed by atoms with van der Waals surface area (Å²) in [4.78, 5) is 47.3. The number of allylic oxidation sites excluding steroid dienone is 1. The molecule has 2 aromatic carbocycles. The number of aromatic nitrogens is 9. The van der Waals surface area contributed by atoms with Crippen molar-refractivity contribution in [1.82, 2.24) is 44.9 Å². The van der Waals surface area contributed by atoms with Crippen molar-refractivity contribution in [3.63, 3.8) is 0 Å². The van der Waals surface area contributed by atoms with Crippen LogP contribution in [0.5, 0.6) is 0 Å². The van der Waals surface area contributed by atoms with E-state index >= 15 is 0 Å². The summed E-state index contributed by atoms with van der Waals surface area (Å²) in [6, 6.07) is 30.0. The lowest BCUT2D eigenvalue weighted by molar-refractivity contribution is 0.660. The molecule has 0 fully saturated rings. The molecule has 6 heterocycles.